The molecule has 0 heterocycles. The Bertz CT molecular complexity index is 763. The van der Waals surface area contributed by atoms with E-state index in [0.717, 1.165) is 0 Å². The Kier molecular flexibility index (Phi) is 4.34. The number of halogens is 3. The number of rotatable bonds is 3. The van der Waals surface area contributed by atoms with Crippen molar-refractivity contribution in [1.29, 1.82) is 0 Å². The zero-order valence-corrected chi connectivity index (χ0v) is 13.0. The van der Waals surface area contributed by atoms with Crippen LogP contribution in [0.25, 0.3) is 0 Å². The van der Waals surface area contributed by atoms with Crippen LogP contribution in [0.5, 0.6) is 0 Å². The molecular formula is C12H9Cl3N2O2S. The Balaban J connectivity index is 2.41. The first kappa shape index (κ1) is 15.3. The van der Waals surface area contributed by atoms with Crippen LogP contribution in [-0.4, -0.2) is 8.42 Å². The van der Waals surface area contributed by atoms with Gasteiger partial charge in [-0.15, -0.1) is 0 Å². The normalized spacial score (nSPS) is 11.3. The van der Waals surface area contributed by atoms with Gasteiger partial charge in [-0.2, -0.15) is 0 Å². The number of benzene rings is 2. The van der Waals surface area contributed by atoms with E-state index in [9.17, 15) is 8.42 Å². The summed E-state index contributed by atoms with van der Waals surface area (Å²) in [5.74, 6) is 0. The van der Waals surface area contributed by atoms with Crippen molar-refractivity contribution < 1.29 is 8.42 Å². The van der Waals surface area contributed by atoms with Crippen molar-refractivity contribution in [3.63, 3.8) is 0 Å². The molecule has 2 aromatic rings. The molecular weight excluding hydrogens is 343 g/mol. The number of hydrogen-bond acceptors (Lipinski definition) is 3. The topological polar surface area (TPSA) is 72.2 Å². The molecule has 0 radical (unpaired) electrons. The van der Waals surface area contributed by atoms with E-state index < -0.39 is 10.0 Å². The van der Waals surface area contributed by atoms with Gasteiger partial charge < -0.3 is 5.73 Å². The van der Waals surface area contributed by atoms with Gasteiger partial charge in [-0.3, -0.25) is 4.72 Å². The fraction of sp³-hybridized carbons (Fsp3) is 0. The van der Waals surface area contributed by atoms with E-state index in [-0.39, 0.29) is 25.7 Å². The van der Waals surface area contributed by atoms with Crippen LogP contribution in [0.2, 0.25) is 15.1 Å². The lowest BCUT2D eigenvalue weighted by molar-refractivity contribution is 0.601. The second-order valence-electron chi connectivity index (χ2n) is 3.92. The maximum Gasteiger partial charge on any atom is 0.262 e. The lowest BCUT2D eigenvalue weighted by atomic mass is 10.3. The van der Waals surface area contributed by atoms with Crippen molar-refractivity contribution in [3.8, 4) is 0 Å². The molecule has 2 rings (SSSR count). The number of anilines is 2. The minimum atomic E-state index is -3.80. The van der Waals surface area contributed by atoms with Crippen LogP contribution >= 0.6 is 34.8 Å². The van der Waals surface area contributed by atoms with Gasteiger partial charge in [0.25, 0.3) is 10.0 Å². The molecule has 0 aliphatic rings. The van der Waals surface area contributed by atoms with E-state index in [1.165, 1.54) is 24.3 Å². The van der Waals surface area contributed by atoms with Crippen LogP contribution < -0.4 is 10.5 Å². The summed E-state index contributed by atoms with van der Waals surface area (Å²) >= 11 is 17.6. The highest BCUT2D eigenvalue weighted by Crippen LogP contribution is 2.33. The summed E-state index contributed by atoms with van der Waals surface area (Å²) in [5, 5.41) is 0.580. The molecule has 0 saturated carbocycles. The van der Waals surface area contributed by atoms with Gasteiger partial charge in [0.1, 0.15) is 0 Å². The van der Waals surface area contributed by atoms with Crippen LogP contribution in [0.1, 0.15) is 0 Å². The third kappa shape index (κ3) is 3.30. The third-order valence-corrected chi connectivity index (χ3v) is 4.82. The Morgan fingerprint density at radius 3 is 2.25 bits per heavy atom. The molecule has 0 spiro atoms. The molecule has 106 valence electrons. The van der Waals surface area contributed by atoms with E-state index in [1.54, 1.807) is 12.1 Å². The predicted molar refractivity (Wildman–Crippen MR) is 83.1 cm³/mol. The lowest BCUT2D eigenvalue weighted by Gasteiger charge is -2.11. The first-order chi connectivity index (χ1) is 9.29. The standard InChI is InChI=1S/C12H9Cl3N2O2S/c13-9-5-11(15)12(6-10(9)14)17-20(18,19)8-3-1-2-7(16)4-8/h1-6,17H,16H2. The third-order valence-electron chi connectivity index (χ3n) is 2.42. The van der Waals surface area contributed by atoms with E-state index >= 15 is 0 Å². The van der Waals surface area contributed by atoms with Gasteiger partial charge in [0.05, 0.1) is 25.7 Å². The first-order valence-electron chi connectivity index (χ1n) is 5.32. The summed E-state index contributed by atoms with van der Waals surface area (Å²) in [6.07, 6.45) is 0. The predicted octanol–water partition coefficient (Wildman–Crippen LogP) is 4.03. The molecule has 8 heteroatoms. The van der Waals surface area contributed by atoms with Crippen LogP contribution in [-0.2, 0) is 10.0 Å². The fourth-order valence-corrected chi connectivity index (χ4v) is 3.26. The van der Waals surface area contributed by atoms with Gasteiger partial charge >= 0.3 is 0 Å². The number of sulfonamides is 1. The van der Waals surface area contributed by atoms with Crippen molar-refractivity contribution in [2.75, 3.05) is 10.5 Å². The Labute approximate surface area is 131 Å². The van der Waals surface area contributed by atoms with Crippen molar-refractivity contribution in [2.24, 2.45) is 0 Å². The molecule has 0 unspecified atom stereocenters. The fourth-order valence-electron chi connectivity index (χ4n) is 1.49. The lowest BCUT2D eigenvalue weighted by Crippen LogP contribution is -2.13. The molecule has 20 heavy (non-hydrogen) atoms. The summed E-state index contributed by atoms with van der Waals surface area (Å²) in [6, 6.07) is 8.60. The molecule has 0 fully saturated rings. The molecule has 2 aromatic carbocycles. The van der Waals surface area contributed by atoms with Crippen molar-refractivity contribution in [3.05, 3.63) is 51.5 Å². The van der Waals surface area contributed by atoms with Gasteiger partial charge in [0.2, 0.25) is 0 Å². The maximum atomic E-state index is 12.2. The Morgan fingerprint density at radius 2 is 1.60 bits per heavy atom. The zero-order chi connectivity index (χ0) is 14.9. The maximum absolute atomic E-state index is 12.2. The van der Waals surface area contributed by atoms with Crippen LogP contribution in [0.15, 0.2) is 41.3 Å². The van der Waals surface area contributed by atoms with E-state index in [0.29, 0.717) is 5.69 Å². The van der Waals surface area contributed by atoms with Crippen LogP contribution in [0.3, 0.4) is 0 Å². The minimum Gasteiger partial charge on any atom is -0.399 e. The SMILES string of the molecule is Nc1cccc(S(=O)(=O)Nc2cc(Cl)c(Cl)cc2Cl)c1. The Morgan fingerprint density at radius 1 is 0.950 bits per heavy atom. The molecule has 0 aliphatic carbocycles. The van der Waals surface area contributed by atoms with Crippen molar-refractivity contribution in [1.82, 2.24) is 0 Å². The van der Waals surface area contributed by atoms with E-state index in [1.807, 2.05) is 0 Å². The highest BCUT2D eigenvalue weighted by atomic mass is 35.5. The van der Waals surface area contributed by atoms with Crippen LogP contribution in [0.4, 0.5) is 11.4 Å². The summed E-state index contributed by atoms with van der Waals surface area (Å²) in [6.45, 7) is 0. The molecule has 0 bridgehead atoms. The Hall–Kier alpha value is -1.14. The van der Waals surface area contributed by atoms with Gasteiger partial charge in [-0.05, 0) is 30.3 Å². The zero-order valence-electron chi connectivity index (χ0n) is 9.90. The smallest absolute Gasteiger partial charge is 0.262 e. The molecule has 0 amide bonds. The summed E-state index contributed by atoms with van der Waals surface area (Å²) in [4.78, 5) is 0.0274. The molecule has 3 N–H and O–H groups in total. The molecule has 4 nitrogen and oxygen atoms in total. The number of nitrogens with one attached hydrogen (secondary N) is 1. The van der Waals surface area contributed by atoms with Crippen LogP contribution in [0, 0.1) is 0 Å². The number of nitrogens with two attached hydrogens (primary N) is 1. The molecule has 0 aliphatic heterocycles. The molecule has 0 atom stereocenters. The van der Waals surface area contributed by atoms with Gasteiger partial charge in [0.15, 0.2) is 0 Å². The highest BCUT2D eigenvalue weighted by molar-refractivity contribution is 7.92. The number of hydrogen-bond donors (Lipinski definition) is 2. The molecule has 0 aromatic heterocycles. The van der Waals surface area contributed by atoms with Crippen molar-refractivity contribution in [2.45, 2.75) is 4.90 Å². The van der Waals surface area contributed by atoms with E-state index in [2.05, 4.69) is 4.72 Å². The average molecular weight is 352 g/mol. The highest BCUT2D eigenvalue weighted by Gasteiger charge is 2.17. The second kappa shape index (κ2) is 5.69. The quantitative estimate of drug-likeness (QED) is 0.648. The van der Waals surface area contributed by atoms with E-state index in [4.69, 9.17) is 40.5 Å². The van der Waals surface area contributed by atoms with Gasteiger partial charge in [0, 0.05) is 5.69 Å². The van der Waals surface area contributed by atoms with Gasteiger partial charge in [-0.1, -0.05) is 40.9 Å². The summed E-state index contributed by atoms with van der Waals surface area (Å²) in [5.41, 5.74) is 6.05. The van der Waals surface area contributed by atoms with Gasteiger partial charge in [-0.25, -0.2) is 8.42 Å². The minimum absolute atomic E-state index is 0.0274. The summed E-state index contributed by atoms with van der Waals surface area (Å²) in [7, 11) is -3.80. The number of nitrogen functional groups attached to an aromatic ring is 1. The summed E-state index contributed by atoms with van der Waals surface area (Å²) < 4.78 is 26.7. The average Bonchev–Trinajstić information content (AvgIpc) is 2.36. The largest absolute Gasteiger partial charge is 0.399 e. The monoisotopic (exact) mass is 350 g/mol. The van der Waals surface area contributed by atoms with Crippen molar-refractivity contribution >= 4 is 56.2 Å². The molecule has 0 saturated heterocycles. The first-order valence-corrected chi connectivity index (χ1v) is 7.94. The second-order valence-corrected chi connectivity index (χ2v) is 6.83.